The molecule has 3 aromatic rings. The highest BCUT2D eigenvalue weighted by Gasteiger charge is 2.32. The number of nitrogens with zero attached hydrogens (tertiary/aromatic N) is 6. The molecule has 10 nitrogen and oxygen atoms in total. The van der Waals surface area contributed by atoms with Crippen LogP contribution < -0.4 is 10.2 Å². The van der Waals surface area contributed by atoms with E-state index in [1.165, 1.54) is 47.6 Å². The summed E-state index contributed by atoms with van der Waals surface area (Å²) in [6.07, 6.45) is 4.70. The molecule has 0 saturated carbocycles. The molecule has 0 spiro atoms. The number of ether oxygens (including phenoxy) is 1. The van der Waals surface area contributed by atoms with Gasteiger partial charge in [0.05, 0.1) is 18.8 Å². The minimum atomic E-state index is -0.590. The quantitative estimate of drug-likeness (QED) is 0.690. The molecule has 1 N–H and O–H groups in total. The van der Waals surface area contributed by atoms with Crippen LogP contribution in [0.2, 0.25) is 0 Å². The molecule has 1 aromatic carbocycles. The van der Waals surface area contributed by atoms with E-state index in [0.717, 1.165) is 0 Å². The third-order valence-corrected chi connectivity index (χ3v) is 4.29. The van der Waals surface area contributed by atoms with E-state index in [4.69, 9.17) is 4.74 Å². The Morgan fingerprint density at radius 2 is 2.14 bits per heavy atom. The van der Waals surface area contributed by atoms with Gasteiger partial charge in [0.2, 0.25) is 5.91 Å². The van der Waals surface area contributed by atoms with Gasteiger partial charge >= 0.3 is 6.09 Å². The zero-order chi connectivity index (χ0) is 20.4. The third kappa shape index (κ3) is 3.88. The molecule has 2 aromatic heterocycles. The number of aromatic nitrogens is 5. The van der Waals surface area contributed by atoms with Gasteiger partial charge in [0.15, 0.2) is 0 Å². The lowest BCUT2D eigenvalue weighted by Crippen LogP contribution is -2.33. The molecule has 2 amide bonds. The Labute approximate surface area is 164 Å². The Balaban J connectivity index is 1.51. The summed E-state index contributed by atoms with van der Waals surface area (Å²) >= 11 is 0. The number of carbonyl (C=O) groups is 2. The van der Waals surface area contributed by atoms with Gasteiger partial charge < -0.3 is 10.1 Å². The molecule has 11 heteroatoms. The smallest absolute Gasteiger partial charge is 0.414 e. The van der Waals surface area contributed by atoms with Crippen LogP contribution in [0.15, 0.2) is 43.2 Å². The standard InChI is InChI=1S/C18H16FN7O3/c1-11(27)21-7-14-8-25(18(28)29-14)13-2-3-15(16(19)4-13)12-5-22-17(23-6-12)26-10-20-9-24-26/h2-6,9-10,14H,7-8H2,1H3,(H,21,27)/t14-/m0/s1. The zero-order valence-corrected chi connectivity index (χ0v) is 15.3. The molecule has 1 atom stereocenters. The van der Waals surface area contributed by atoms with Gasteiger partial charge in [-0.15, -0.1) is 0 Å². The van der Waals surface area contributed by atoms with Crippen molar-refractivity contribution in [2.24, 2.45) is 0 Å². The van der Waals surface area contributed by atoms with Crippen molar-refractivity contribution in [3.8, 4) is 17.1 Å². The summed E-state index contributed by atoms with van der Waals surface area (Å²) < 4.78 is 21.3. The summed E-state index contributed by atoms with van der Waals surface area (Å²) in [5, 5.41) is 6.53. The molecule has 0 radical (unpaired) electrons. The minimum Gasteiger partial charge on any atom is -0.442 e. The van der Waals surface area contributed by atoms with E-state index in [-0.39, 0.29) is 19.0 Å². The summed E-state index contributed by atoms with van der Waals surface area (Å²) in [6.45, 7) is 1.80. The third-order valence-electron chi connectivity index (χ3n) is 4.29. The number of anilines is 1. The molecule has 1 aliphatic heterocycles. The fourth-order valence-corrected chi connectivity index (χ4v) is 2.89. The predicted octanol–water partition coefficient (Wildman–Crippen LogP) is 1.32. The van der Waals surface area contributed by atoms with E-state index in [0.29, 0.717) is 22.8 Å². The molecule has 29 heavy (non-hydrogen) atoms. The summed E-state index contributed by atoms with van der Waals surface area (Å²) in [4.78, 5) is 36.5. The van der Waals surface area contributed by atoms with Gasteiger partial charge in [0.25, 0.3) is 5.95 Å². The van der Waals surface area contributed by atoms with Crippen LogP contribution in [-0.2, 0) is 9.53 Å². The van der Waals surface area contributed by atoms with Crippen molar-refractivity contribution in [3.05, 3.63) is 49.1 Å². The van der Waals surface area contributed by atoms with E-state index >= 15 is 0 Å². The van der Waals surface area contributed by atoms with Crippen LogP contribution >= 0.6 is 0 Å². The van der Waals surface area contributed by atoms with Gasteiger partial charge in [0.1, 0.15) is 24.6 Å². The monoisotopic (exact) mass is 397 g/mol. The fraction of sp³-hybridized carbons (Fsp3) is 0.222. The van der Waals surface area contributed by atoms with Crippen LogP contribution in [0.25, 0.3) is 17.1 Å². The average molecular weight is 397 g/mol. The van der Waals surface area contributed by atoms with Crippen molar-refractivity contribution in [2.45, 2.75) is 13.0 Å². The second-order valence-corrected chi connectivity index (χ2v) is 6.33. The molecule has 0 bridgehead atoms. The van der Waals surface area contributed by atoms with Gasteiger partial charge in [-0.1, -0.05) is 0 Å². The van der Waals surface area contributed by atoms with Crippen molar-refractivity contribution in [3.63, 3.8) is 0 Å². The van der Waals surface area contributed by atoms with E-state index in [1.54, 1.807) is 12.1 Å². The lowest BCUT2D eigenvalue weighted by Gasteiger charge is -2.14. The maximum Gasteiger partial charge on any atom is 0.414 e. The maximum absolute atomic E-state index is 14.7. The molecule has 3 heterocycles. The maximum atomic E-state index is 14.7. The molecular formula is C18H16FN7O3. The van der Waals surface area contributed by atoms with Crippen LogP contribution in [0.3, 0.4) is 0 Å². The van der Waals surface area contributed by atoms with E-state index < -0.39 is 18.0 Å². The van der Waals surface area contributed by atoms with Gasteiger partial charge in [-0.2, -0.15) is 9.78 Å². The molecule has 4 rings (SSSR count). The van der Waals surface area contributed by atoms with Crippen LogP contribution in [0.5, 0.6) is 0 Å². The summed E-state index contributed by atoms with van der Waals surface area (Å²) in [5.74, 6) is -0.432. The van der Waals surface area contributed by atoms with Gasteiger partial charge in [-0.3, -0.25) is 9.69 Å². The number of carbonyl (C=O) groups excluding carboxylic acids is 2. The highest BCUT2D eigenvalue weighted by atomic mass is 19.1. The Morgan fingerprint density at radius 1 is 1.34 bits per heavy atom. The summed E-state index contributed by atoms with van der Waals surface area (Å²) in [7, 11) is 0. The minimum absolute atomic E-state index is 0.202. The average Bonchev–Trinajstić information content (AvgIpc) is 3.36. The highest BCUT2D eigenvalue weighted by Crippen LogP contribution is 2.28. The number of nitrogens with one attached hydrogen (secondary N) is 1. The van der Waals surface area contributed by atoms with Crippen molar-refractivity contribution >= 4 is 17.7 Å². The van der Waals surface area contributed by atoms with Crippen LogP contribution in [0.4, 0.5) is 14.9 Å². The van der Waals surface area contributed by atoms with Gasteiger partial charge in [-0.05, 0) is 18.2 Å². The molecule has 1 fully saturated rings. The Hall–Kier alpha value is -3.89. The molecule has 148 valence electrons. The first-order chi connectivity index (χ1) is 14.0. The SMILES string of the molecule is CC(=O)NC[C@H]1CN(c2ccc(-c3cnc(-n4cncn4)nc3)c(F)c2)C(=O)O1. The number of halogens is 1. The van der Waals surface area contributed by atoms with Crippen molar-refractivity contribution in [1.29, 1.82) is 0 Å². The molecular weight excluding hydrogens is 381 g/mol. The first kappa shape index (κ1) is 18.5. The van der Waals surface area contributed by atoms with E-state index in [2.05, 4.69) is 25.4 Å². The Kier molecular flexibility index (Phi) is 4.85. The second kappa shape index (κ2) is 7.62. The Bertz CT molecular complexity index is 1040. The van der Waals surface area contributed by atoms with Crippen molar-refractivity contribution in [1.82, 2.24) is 30.0 Å². The van der Waals surface area contributed by atoms with Gasteiger partial charge in [-0.25, -0.2) is 24.1 Å². The zero-order valence-electron chi connectivity index (χ0n) is 15.3. The Morgan fingerprint density at radius 3 is 2.79 bits per heavy atom. The number of cyclic esters (lactones) is 1. The summed E-state index contributed by atoms with van der Waals surface area (Å²) in [5.41, 5.74) is 1.13. The first-order valence-electron chi connectivity index (χ1n) is 8.71. The fourth-order valence-electron chi connectivity index (χ4n) is 2.89. The predicted molar refractivity (Wildman–Crippen MR) is 98.6 cm³/mol. The van der Waals surface area contributed by atoms with Gasteiger partial charge in [0, 0.05) is 30.4 Å². The van der Waals surface area contributed by atoms with E-state index in [1.807, 2.05) is 0 Å². The summed E-state index contributed by atoms with van der Waals surface area (Å²) in [6, 6.07) is 4.42. The van der Waals surface area contributed by atoms with Crippen LogP contribution in [0, 0.1) is 5.82 Å². The van der Waals surface area contributed by atoms with Crippen molar-refractivity contribution in [2.75, 3.05) is 18.0 Å². The molecule has 0 unspecified atom stereocenters. The number of rotatable bonds is 5. The lowest BCUT2D eigenvalue weighted by molar-refractivity contribution is -0.119. The number of hydrogen-bond acceptors (Lipinski definition) is 7. The first-order valence-corrected chi connectivity index (χ1v) is 8.71. The molecule has 0 aliphatic carbocycles. The van der Waals surface area contributed by atoms with E-state index in [9.17, 15) is 14.0 Å². The lowest BCUT2D eigenvalue weighted by atomic mass is 10.1. The molecule has 1 aliphatic rings. The highest BCUT2D eigenvalue weighted by molar-refractivity contribution is 5.90. The number of benzene rings is 1. The van der Waals surface area contributed by atoms with Crippen LogP contribution in [0.1, 0.15) is 6.92 Å². The number of amides is 2. The van der Waals surface area contributed by atoms with Crippen molar-refractivity contribution < 1.29 is 18.7 Å². The topological polar surface area (TPSA) is 115 Å². The number of hydrogen-bond donors (Lipinski definition) is 1. The second-order valence-electron chi connectivity index (χ2n) is 6.33. The largest absolute Gasteiger partial charge is 0.442 e. The molecule has 1 saturated heterocycles. The normalized spacial score (nSPS) is 16.0. The van der Waals surface area contributed by atoms with Crippen LogP contribution in [-0.4, -0.2) is 55.9 Å².